The Bertz CT molecular complexity index is 88.9. The van der Waals surface area contributed by atoms with Gasteiger partial charge in [0.1, 0.15) is 0 Å². The smallest absolute Gasteiger partial charge is 0.189 e. The van der Waals surface area contributed by atoms with E-state index in [-0.39, 0.29) is 5.12 Å². The fourth-order valence-corrected chi connectivity index (χ4v) is 1.21. The van der Waals surface area contributed by atoms with Crippen LogP contribution in [0.2, 0.25) is 0 Å². The van der Waals surface area contributed by atoms with E-state index in [0.717, 1.165) is 0 Å². The second-order valence-corrected chi connectivity index (χ2v) is 3.49. The van der Waals surface area contributed by atoms with E-state index in [1.54, 1.807) is 0 Å². The van der Waals surface area contributed by atoms with Crippen molar-refractivity contribution >= 4 is 16.9 Å². The molecule has 0 saturated carbocycles. The Morgan fingerprint density at radius 2 is 2.22 bits per heavy atom. The van der Waals surface area contributed by atoms with E-state index in [1.165, 1.54) is 11.8 Å². The first-order chi connectivity index (χ1) is 4.16. The van der Waals surface area contributed by atoms with Gasteiger partial charge in [-0.05, 0) is 5.92 Å². The summed E-state index contributed by atoms with van der Waals surface area (Å²) in [7, 11) is 0. The molecule has 9 heavy (non-hydrogen) atoms. The summed E-state index contributed by atoms with van der Waals surface area (Å²) < 4.78 is 0. The quantitative estimate of drug-likeness (QED) is 0.607. The Labute approximate surface area is 61.2 Å². The minimum atomic E-state index is 0.271. The molecular formula is C7H13OS. The van der Waals surface area contributed by atoms with Crippen molar-refractivity contribution in [1.29, 1.82) is 0 Å². The first kappa shape index (κ1) is 9.02. The van der Waals surface area contributed by atoms with E-state index in [2.05, 4.69) is 0 Å². The van der Waals surface area contributed by atoms with Crippen molar-refractivity contribution in [1.82, 2.24) is 0 Å². The van der Waals surface area contributed by atoms with Crippen molar-refractivity contribution in [3.63, 3.8) is 0 Å². The number of hydrogen-bond donors (Lipinski definition) is 0. The van der Waals surface area contributed by atoms with Gasteiger partial charge in [-0.3, -0.25) is 4.79 Å². The molecule has 0 amide bonds. The Morgan fingerprint density at radius 3 is 2.56 bits per heavy atom. The highest BCUT2D eigenvalue weighted by Crippen LogP contribution is 2.12. The summed E-state index contributed by atoms with van der Waals surface area (Å²) in [5.74, 6) is 2.31. The monoisotopic (exact) mass is 145 g/mol. The molecule has 0 bridgehead atoms. The molecule has 0 fully saturated rings. The fraction of sp³-hybridized carbons (Fsp3) is 0.714. The molecule has 0 aromatic carbocycles. The second-order valence-electron chi connectivity index (χ2n) is 2.32. The zero-order valence-electron chi connectivity index (χ0n) is 6.18. The predicted octanol–water partition coefficient (Wildman–Crippen LogP) is 2.47. The molecule has 0 atom stereocenters. The van der Waals surface area contributed by atoms with Gasteiger partial charge in [-0.15, -0.1) is 0 Å². The van der Waals surface area contributed by atoms with Crippen LogP contribution < -0.4 is 0 Å². The molecule has 0 saturated heterocycles. The third kappa shape index (κ3) is 5.90. The molecule has 0 aliphatic rings. The molecule has 0 unspecified atom stereocenters. The molecule has 0 aromatic rings. The molecule has 1 nitrogen and oxygen atoms in total. The van der Waals surface area contributed by atoms with E-state index < -0.39 is 0 Å². The number of rotatable bonds is 3. The topological polar surface area (TPSA) is 17.1 Å². The van der Waals surface area contributed by atoms with Crippen molar-refractivity contribution in [2.24, 2.45) is 5.92 Å². The second kappa shape index (κ2) is 4.86. The third-order valence-electron chi connectivity index (χ3n) is 0.824. The molecule has 53 valence electrons. The maximum atomic E-state index is 10.8. The van der Waals surface area contributed by atoms with E-state index in [4.69, 9.17) is 0 Å². The minimum Gasteiger partial charge on any atom is -0.287 e. The van der Waals surface area contributed by atoms with Crippen LogP contribution >= 0.6 is 11.8 Å². The van der Waals surface area contributed by atoms with Crippen LogP contribution in [-0.2, 0) is 4.79 Å². The van der Waals surface area contributed by atoms with Crippen molar-refractivity contribution < 1.29 is 4.79 Å². The van der Waals surface area contributed by atoms with E-state index in [9.17, 15) is 4.79 Å². The highest BCUT2D eigenvalue weighted by Gasteiger charge is 2.02. The van der Waals surface area contributed by atoms with Crippen LogP contribution in [-0.4, -0.2) is 5.12 Å². The first-order valence-electron chi connectivity index (χ1n) is 3.14. The van der Waals surface area contributed by atoms with Gasteiger partial charge in [0, 0.05) is 12.2 Å². The lowest BCUT2D eigenvalue weighted by Crippen LogP contribution is -1.96. The minimum absolute atomic E-state index is 0.271. The van der Waals surface area contributed by atoms with Gasteiger partial charge in [0.15, 0.2) is 5.12 Å². The van der Waals surface area contributed by atoms with E-state index in [1.807, 2.05) is 26.5 Å². The Balaban J connectivity index is 3.27. The van der Waals surface area contributed by atoms with Crippen LogP contribution in [0.4, 0.5) is 0 Å². The average Bonchev–Trinajstić information content (AvgIpc) is 1.63. The van der Waals surface area contributed by atoms with Crippen LogP contribution in [0.3, 0.4) is 0 Å². The van der Waals surface area contributed by atoms with Gasteiger partial charge in [-0.25, -0.2) is 0 Å². The zero-order chi connectivity index (χ0) is 7.28. The Hall–Kier alpha value is 0.0200. The maximum absolute atomic E-state index is 10.8. The van der Waals surface area contributed by atoms with Gasteiger partial charge in [0.25, 0.3) is 0 Å². The SMILES string of the molecule is C[CH]SC(=O)CC(C)C. The van der Waals surface area contributed by atoms with Crippen LogP contribution in [0.5, 0.6) is 0 Å². The highest BCUT2D eigenvalue weighted by molar-refractivity contribution is 8.15. The van der Waals surface area contributed by atoms with E-state index in [0.29, 0.717) is 12.3 Å². The summed E-state index contributed by atoms with van der Waals surface area (Å²) in [5.41, 5.74) is 0. The van der Waals surface area contributed by atoms with Gasteiger partial charge in [-0.1, -0.05) is 32.5 Å². The average molecular weight is 145 g/mol. The molecule has 0 rings (SSSR count). The maximum Gasteiger partial charge on any atom is 0.189 e. The van der Waals surface area contributed by atoms with Gasteiger partial charge in [0.2, 0.25) is 0 Å². The molecular weight excluding hydrogens is 132 g/mol. The summed E-state index contributed by atoms with van der Waals surface area (Å²) in [6.07, 6.45) is 0.689. The lowest BCUT2D eigenvalue weighted by molar-refractivity contribution is -0.111. The molecule has 0 aromatic heterocycles. The fourth-order valence-electron chi connectivity index (χ4n) is 0.513. The van der Waals surface area contributed by atoms with Crippen molar-refractivity contribution in [2.75, 3.05) is 0 Å². The Kier molecular flexibility index (Phi) is 4.87. The van der Waals surface area contributed by atoms with Crippen molar-refractivity contribution in [3.05, 3.63) is 5.75 Å². The molecule has 0 spiro atoms. The zero-order valence-corrected chi connectivity index (χ0v) is 6.99. The number of carbonyl (C=O) groups excluding carboxylic acids is 1. The van der Waals surface area contributed by atoms with Crippen LogP contribution in [0.25, 0.3) is 0 Å². The summed E-state index contributed by atoms with van der Waals surface area (Å²) in [6, 6.07) is 0. The molecule has 1 radical (unpaired) electrons. The molecule has 0 N–H and O–H groups in total. The van der Waals surface area contributed by atoms with Gasteiger partial charge >= 0.3 is 0 Å². The normalized spacial score (nSPS) is 10.2. The van der Waals surface area contributed by atoms with Gasteiger partial charge in [0.05, 0.1) is 0 Å². The lowest BCUT2D eigenvalue weighted by Gasteiger charge is -1.99. The predicted molar refractivity (Wildman–Crippen MR) is 42.0 cm³/mol. The third-order valence-corrected chi connectivity index (χ3v) is 1.49. The standard InChI is InChI=1S/C7H13OS/c1-4-9-7(8)5-6(2)3/h4,6H,5H2,1-3H3. The summed E-state index contributed by atoms with van der Waals surface area (Å²) >= 11 is 1.30. The number of hydrogen-bond acceptors (Lipinski definition) is 2. The van der Waals surface area contributed by atoms with E-state index >= 15 is 0 Å². The highest BCUT2D eigenvalue weighted by atomic mass is 32.2. The van der Waals surface area contributed by atoms with Gasteiger partial charge < -0.3 is 0 Å². The molecule has 0 aliphatic carbocycles. The Morgan fingerprint density at radius 1 is 1.67 bits per heavy atom. The lowest BCUT2D eigenvalue weighted by atomic mass is 10.2. The number of thioether (sulfide) groups is 1. The van der Waals surface area contributed by atoms with Crippen molar-refractivity contribution in [3.8, 4) is 0 Å². The van der Waals surface area contributed by atoms with Crippen molar-refractivity contribution in [2.45, 2.75) is 27.2 Å². The molecule has 0 aliphatic heterocycles. The van der Waals surface area contributed by atoms with Gasteiger partial charge in [-0.2, -0.15) is 0 Å². The largest absolute Gasteiger partial charge is 0.287 e. The molecule has 2 heteroatoms. The summed E-state index contributed by atoms with van der Waals surface area (Å²) in [6.45, 7) is 5.98. The van der Waals surface area contributed by atoms with Crippen LogP contribution in [0, 0.1) is 11.7 Å². The summed E-state index contributed by atoms with van der Waals surface area (Å²) in [4.78, 5) is 10.8. The first-order valence-corrected chi connectivity index (χ1v) is 4.02. The van der Waals surface area contributed by atoms with Crippen LogP contribution in [0.15, 0.2) is 0 Å². The number of carbonyl (C=O) groups is 1. The summed E-state index contributed by atoms with van der Waals surface area (Å²) in [5, 5.41) is 0.271. The molecule has 0 heterocycles. The van der Waals surface area contributed by atoms with Crippen LogP contribution in [0.1, 0.15) is 27.2 Å².